The second kappa shape index (κ2) is 7.28. The molecule has 0 aliphatic carbocycles. The first-order chi connectivity index (χ1) is 9.61. The Bertz CT molecular complexity index is 557. The van der Waals surface area contributed by atoms with Gasteiger partial charge in [0.15, 0.2) is 0 Å². The summed E-state index contributed by atoms with van der Waals surface area (Å²) in [6.07, 6.45) is 2.45. The van der Waals surface area contributed by atoms with Gasteiger partial charge in [-0.3, -0.25) is 0 Å². The summed E-state index contributed by atoms with van der Waals surface area (Å²) in [5.41, 5.74) is 2.67. The molecule has 0 spiro atoms. The Labute approximate surface area is 130 Å². The quantitative estimate of drug-likeness (QED) is 0.722. The normalized spacial score (nSPS) is 11.7. The number of aromatic nitrogens is 1. The predicted molar refractivity (Wildman–Crippen MR) is 91.3 cm³/mol. The first-order valence-electron chi connectivity index (χ1n) is 7.55. The fourth-order valence-corrected chi connectivity index (χ4v) is 3.14. The van der Waals surface area contributed by atoms with E-state index in [0.717, 1.165) is 25.6 Å². The lowest BCUT2D eigenvalue weighted by atomic mass is 10.2. The highest BCUT2D eigenvalue weighted by Gasteiger charge is 2.10. The maximum Gasteiger partial charge on any atom is 0.0494 e. The molecule has 1 aromatic carbocycles. The second-order valence-corrected chi connectivity index (χ2v) is 6.67. The van der Waals surface area contributed by atoms with E-state index in [1.807, 2.05) is 0 Å². The molecular formula is C17H25BrN2. The Hall–Kier alpha value is -0.800. The number of halogens is 1. The van der Waals surface area contributed by atoms with Crippen molar-refractivity contribution in [2.24, 2.45) is 5.92 Å². The Morgan fingerprint density at radius 3 is 2.70 bits per heavy atom. The summed E-state index contributed by atoms with van der Waals surface area (Å²) in [4.78, 5) is 0. The van der Waals surface area contributed by atoms with Crippen molar-refractivity contribution in [1.82, 2.24) is 9.88 Å². The Morgan fingerprint density at radius 1 is 1.20 bits per heavy atom. The third-order valence-electron chi connectivity index (χ3n) is 3.69. The van der Waals surface area contributed by atoms with Crippen LogP contribution < -0.4 is 5.32 Å². The minimum atomic E-state index is 0.738. The van der Waals surface area contributed by atoms with Gasteiger partial charge in [-0.15, -0.1) is 0 Å². The van der Waals surface area contributed by atoms with E-state index in [4.69, 9.17) is 0 Å². The molecule has 0 unspecified atom stereocenters. The number of hydrogen-bond donors (Lipinski definition) is 1. The third-order valence-corrected chi connectivity index (χ3v) is 4.69. The lowest BCUT2D eigenvalue weighted by Gasteiger charge is -2.10. The van der Waals surface area contributed by atoms with Crippen molar-refractivity contribution in [3.05, 3.63) is 34.4 Å². The van der Waals surface area contributed by atoms with E-state index in [0.29, 0.717) is 0 Å². The van der Waals surface area contributed by atoms with Crippen molar-refractivity contribution >= 4 is 26.8 Å². The second-order valence-electron chi connectivity index (χ2n) is 5.87. The molecular weight excluding hydrogens is 312 g/mol. The van der Waals surface area contributed by atoms with Crippen LogP contribution >= 0.6 is 15.9 Å². The van der Waals surface area contributed by atoms with Crippen LogP contribution in [0.25, 0.3) is 10.9 Å². The average molecular weight is 337 g/mol. The zero-order chi connectivity index (χ0) is 14.5. The maximum absolute atomic E-state index is 3.72. The van der Waals surface area contributed by atoms with E-state index in [-0.39, 0.29) is 0 Å². The van der Waals surface area contributed by atoms with E-state index < -0.39 is 0 Å². The molecule has 0 saturated heterocycles. The van der Waals surface area contributed by atoms with Crippen LogP contribution in [0.2, 0.25) is 0 Å². The first-order valence-corrected chi connectivity index (χ1v) is 8.34. The molecule has 0 amide bonds. The molecule has 0 radical (unpaired) electrons. The predicted octanol–water partition coefficient (Wildman–Crippen LogP) is 4.74. The Morgan fingerprint density at radius 2 is 1.95 bits per heavy atom. The molecule has 0 aliphatic heterocycles. The van der Waals surface area contributed by atoms with Crippen molar-refractivity contribution in [1.29, 1.82) is 0 Å². The lowest BCUT2D eigenvalue weighted by Crippen LogP contribution is -2.20. The molecule has 2 aromatic rings. The van der Waals surface area contributed by atoms with Gasteiger partial charge in [0.05, 0.1) is 0 Å². The minimum absolute atomic E-state index is 0.738. The monoisotopic (exact) mass is 336 g/mol. The first kappa shape index (κ1) is 15.6. The van der Waals surface area contributed by atoms with Gasteiger partial charge in [-0.1, -0.05) is 32.0 Å². The molecule has 110 valence electrons. The lowest BCUT2D eigenvalue weighted by molar-refractivity contribution is 0.520. The summed E-state index contributed by atoms with van der Waals surface area (Å²) in [5.74, 6) is 0.738. The van der Waals surface area contributed by atoms with Crippen molar-refractivity contribution in [2.45, 2.75) is 40.2 Å². The summed E-state index contributed by atoms with van der Waals surface area (Å²) in [6, 6.07) is 8.62. The molecule has 1 N–H and O–H groups in total. The van der Waals surface area contributed by atoms with Gasteiger partial charge in [0, 0.05) is 27.6 Å². The number of fused-ring (bicyclic) bond motifs is 1. The number of aryl methyl sites for hydroxylation is 1. The molecule has 0 bridgehead atoms. The van der Waals surface area contributed by atoms with Crippen molar-refractivity contribution < 1.29 is 0 Å². The van der Waals surface area contributed by atoms with Gasteiger partial charge in [0.25, 0.3) is 0 Å². The van der Waals surface area contributed by atoms with E-state index in [9.17, 15) is 0 Å². The van der Waals surface area contributed by atoms with Crippen LogP contribution in [0, 0.1) is 12.8 Å². The van der Waals surface area contributed by atoms with Gasteiger partial charge in [-0.2, -0.15) is 0 Å². The van der Waals surface area contributed by atoms with Crippen LogP contribution in [0.4, 0.5) is 0 Å². The summed E-state index contributed by atoms with van der Waals surface area (Å²) < 4.78 is 3.67. The Kier molecular flexibility index (Phi) is 5.67. The van der Waals surface area contributed by atoms with Crippen LogP contribution in [0.3, 0.4) is 0 Å². The highest BCUT2D eigenvalue weighted by Crippen LogP contribution is 2.30. The average Bonchev–Trinajstić information content (AvgIpc) is 2.67. The molecule has 1 aromatic heterocycles. The summed E-state index contributed by atoms with van der Waals surface area (Å²) in [5, 5.41) is 4.83. The van der Waals surface area contributed by atoms with Crippen LogP contribution in [-0.2, 0) is 6.54 Å². The van der Waals surface area contributed by atoms with E-state index in [1.54, 1.807) is 0 Å². The van der Waals surface area contributed by atoms with E-state index in [2.05, 4.69) is 70.9 Å². The number of para-hydroxylation sites is 1. The van der Waals surface area contributed by atoms with Gasteiger partial charge in [-0.25, -0.2) is 0 Å². The molecule has 2 nitrogen and oxygen atoms in total. The minimum Gasteiger partial charge on any atom is -0.344 e. The van der Waals surface area contributed by atoms with Crippen molar-refractivity contribution in [2.75, 3.05) is 13.1 Å². The van der Waals surface area contributed by atoms with Crippen LogP contribution in [0.5, 0.6) is 0 Å². The number of benzene rings is 1. The maximum atomic E-state index is 3.72. The zero-order valence-corrected chi connectivity index (χ0v) is 14.3. The number of rotatable bonds is 7. The fraction of sp³-hybridized carbons (Fsp3) is 0.529. The standard InChI is InChI=1S/C17H25BrN2/c1-13(2)12-19-10-6-7-11-20-14(3)17(18)15-8-4-5-9-16(15)20/h4-5,8-9,13,19H,6-7,10-12H2,1-3H3. The highest BCUT2D eigenvalue weighted by atomic mass is 79.9. The van der Waals surface area contributed by atoms with Gasteiger partial charge in [0.2, 0.25) is 0 Å². The van der Waals surface area contributed by atoms with Gasteiger partial charge >= 0.3 is 0 Å². The molecule has 1 heterocycles. The van der Waals surface area contributed by atoms with Crippen LogP contribution in [0.15, 0.2) is 28.7 Å². The van der Waals surface area contributed by atoms with E-state index >= 15 is 0 Å². The highest BCUT2D eigenvalue weighted by molar-refractivity contribution is 9.10. The summed E-state index contributed by atoms with van der Waals surface area (Å²) in [6.45, 7) is 10.0. The largest absolute Gasteiger partial charge is 0.344 e. The van der Waals surface area contributed by atoms with Crippen molar-refractivity contribution in [3.8, 4) is 0 Å². The number of nitrogens with one attached hydrogen (secondary N) is 1. The number of hydrogen-bond acceptors (Lipinski definition) is 1. The smallest absolute Gasteiger partial charge is 0.0494 e. The Balaban J connectivity index is 1.92. The SMILES string of the molecule is Cc1c(Br)c2ccccc2n1CCCCNCC(C)C. The molecule has 0 aliphatic rings. The summed E-state index contributed by atoms with van der Waals surface area (Å²) in [7, 11) is 0. The summed E-state index contributed by atoms with van der Waals surface area (Å²) >= 11 is 3.72. The topological polar surface area (TPSA) is 17.0 Å². The van der Waals surface area contributed by atoms with Crippen molar-refractivity contribution in [3.63, 3.8) is 0 Å². The van der Waals surface area contributed by atoms with Gasteiger partial charge < -0.3 is 9.88 Å². The molecule has 20 heavy (non-hydrogen) atoms. The fourth-order valence-electron chi connectivity index (χ4n) is 2.59. The molecule has 0 fully saturated rings. The molecule has 2 rings (SSSR count). The van der Waals surface area contributed by atoms with Gasteiger partial charge in [0.1, 0.15) is 0 Å². The third kappa shape index (κ3) is 3.64. The molecule has 0 saturated carbocycles. The zero-order valence-electron chi connectivity index (χ0n) is 12.7. The van der Waals surface area contributed by atoms with E-state index in [1.165, 1.54) is 33.9 Å². The van der Waals surface area contributed by atoms with Crippen LogP contribution in [-0.4, -0.2) is 17.7 Å². The number of unbranched alkanes of at least 4 members (excludes halogenated alkanes) is 1. The molecule has 0 atom stereocenters. The van der Waals surface area contributed by atoms with Crippen LogP contribution in [0.1, 0.15) is 32.4 Å². The number of nitrogens with zero attached hydrogens (tertiary/aromatic N) is 1. The van der Waals surface area contributed by atoms with Gasteiger partial charge in [-0.05, 0) is 60.8 Å². The molecule has 3 heteroatoms.